The molecule has 0 fully saturated rings. The molecule has 20 heavy (non-hydrogen) atoms. The molecule has 0 bridgehead atoms. The van der Waals surface area contributed by atoms with Crippen LogP contribution in [0.5, 0.6) is 5.75 Å². The first-order valence-electron chi connectivity index (χ1n) is 5.29. The zero-order chi connectivity index (χ0) is 14.7. The van der Waals surface area contributed by atoms with Crippen molar-refractivity contribution >= 4 is 55.7 Å². The zero-order valence-electron chi connectivity index (χ0n) is 9.77. The zero-order valence-corrected chi connectivity index (χ0v) is 13.7. The van der Waals surface area contributed by atoms with Gasteiger partial charge in [0, 0.05) is 15.1 Å². The summed E-state index contributed by atoms with van der Waals surface area (Å²) in [6.45, 7) is 0. The maximum absolute atomic E-state index is 12.0. The molecule has 0 aliphatic heterocycles. The van der Waals surface area contributed by atoms with Gasteiger partial charge in [-0.25, -0.2) is 9.78 Å². The summed E-state index contributed by atoms with van der Waals surface area (Å²) in [5, 5.41) is 0.485. The van der Waals surface area contributed by atoms with Crippen LogP contribution in [0.3, 0.4) is 0 Å². The minimum Gasteiger partial charge on any atom is -0.420 e. The number of pyridine rings is 1. The number of hydrogen-bond acceptors (Lipinski definition) is 4. The molecule has 0 saturated carbocycles. The van der Waals surface area contributed by atoms with E-state index in [1.165, 1.54) is 24.4 Å². The molecule has 0 atom stereocenters. The lowest BCUT2D eigenvalue weighted by atomic mass is 10.2. The van der Waals surface area contributed by atoms with Crippen molar-refractivity contribution in [2.24, 2.45) is 0 Å². The average molecular weight is 419 g/mol. The molecule has 0 unspecified atom stereocenters. The van der Waals surface area contributed by atoms with Crippen molar-refractivity contribution in [3.63, 3.8) is 0 Å². The lowest BCUT2D eigenvalue weighted by molar-refractivity contribution is 0.0732. The Bertz CT molecular complexity index is 691. The Hall–Kier alpha value is -1.24. The van der Waals surface area contributed by atoms with E-state index in [1.807, 2.05) is 0 Å². The van der Waals surface area contributed by atoms with Gasteiger partial charge in [-0.3, -0.25) is 4.79 Å². The highest BCUT2D eigenvalue weighted by atomic mass is 79.9. The number of rotatable bonds is 3. The number of nitrogens with zero attached hydrogens (tertiary/aromatic N) is 1. The van der Waals surface area contributed by atoms with Crippen molar-refractivity contribution in [2.45, 2.75) is 0 Å². The number of benzene rings is 1. The Morgan fingerprint density at radius 1 is 1.30 bits per heavy atom. The molecule has 7 heteroatoms. The topological polar surface area (TPSA) is 56.3 Å². The van der Waals surface area contributed by atoms with Gasteiger partial charge in [-0.2, -0.15) is 0 Å². The summed E-state index contributed by atoms with van der Waals surface area (Å²) < 4.78 is 6.35. The largest absolute Gasteiger partial charge is 0.420 e. The van der Waals surface area contributed by atoms with Gasteiger partial charge in [0.1, 0.15) is 5.69 Å². The third-order valence-corrected chi connectivity index (χ3v) is 3.97. The van der Waals surface area contributed by atoms with Gasteiger partial charge in [0.2, 0.25) is 0 Å². The van der Waals surface area contributed by atoms with Crippen LogP contribution < -0.4 is 4.74 Å². The van der Waals surface area contributed by atoms with Crippen LogP contribution in [0.1, 0.15) is 20.8 Å². The fourth-order valence-corrected chi connectivity index (χ4v) is 2.19. The summed E-state index contributed by atoms with van der Waals surface area (Å²) in [6, 6.07) is 6.14. The Morgan fingerprint density at radius 2 is 2.05 bits per heavy atom. The van der Waals surface area contributed by atoms with Crippen LogP contribution in [0, 0.1) is 0 Å². The van der Waals surface area contributed by atoms with Crippen LogP contribution in [-0.4, -0.2) is 17.2 Å². The Labute approximate surface area is 136 Å². The van der Waals surface area contributed by atoms with Crippen molar-refractivity contribution in [3.05, 3.63) is 55.7 Å². The standard InChI is InChI=1S/C13H6Br2ClNO3/c14-8-4-12(11(6-18)17-5-8)20-13(19)7-1-2-10(16)9(15)3-7/h1-6H. The van der Waals surface area contributed by atoms with Crippen molar-refractivity contribution in [3.8, 4) is 5.75 Å². The van der Waals surface area contributed by atoms with Crippen LogP contribution in [0.25, 0.3) is 0 Å². The first-order chi connectivity index (χ1) is 9.51. The molecule has 1 aromatic carbocycles. The molecule has 2 rings (SSSR count). The van der Waals surface area contributed by atoms with E-state index >= 15 is 0 Å². The lowest BCUT2D eigenvalue weighted by Gasteiger charge is -2.07. The van der Waals surface area contributed by atoms with Crippen LogP contribution in [0.2, 0.25) is 5.02 Å². The van der Waals surface area contributed by atoms with Crippen LogP contribution in [-0.2, 0) is 0 Å². The van der Waals surface area contributed by atoms with E-state index in [1.54, 1.807) is 6.07 Å². The fraction of sp³-hybridized carbons (Fsp3) is 0. The molecule has 2 aromatic rings. The summed E-state index contributed by atoms with van der Waals surface area (Å²) in [7, 11) is 0. The van der Waals surface area contributed by atoms with E-state index in [-0.39, 0.29) is 11.4 Å². The number of carbonyl (C=O) groups excluding carboxylic acids is 2. The molecule has 0 saturated heterocycles. The Morgan fingerprint density at radius 3 is 2.70 bits per heavy atom. The normalized spacial score (nSPS) is 10.2. The molecule has 102 valence electrons. The number of hydrogen-bond donors (Lipinski definition) is 0. The van der Waals surface area contributed by atoms with E-state index in [9.17, 15) is 9.59 Å². The summed E-state index contributed by atoms with van der Waals surface area (Å²) in [5.74, 6) is -0.518. The van der Waals surface area contributed by atoms with Crippen molar-refractivity contribution < 1.29 is 14.3 Å². The van der Waals surface area contributed by atoms with Gasteiger partial charge in [0.25, 0.3) is 0 Å². The average Bonchev–Trinajstić information content (AvgIpc) is 2.42. The van der Waals surface area contributed by atoms with E-state index in [0.29, 0.717) is 25.8 Å². The van der Waals surface area contributed by atoms with Gasteiger partial charge >= 0.3 is 5.97 Å². The maximum atomic E-state index is 12.0. The summed E-state index contributed by atoms with van der Waals surface area (Å²) in [6.07, 6.45) is 1.97. The maximum Gasteiger partial charge on any atom is 0.343 e. The van der Waals surface area contributed by atoms with Gasteiger partial charge < -0.3 is 4.74 Å². The van der Waals surface area contributed by atoms with Gasteiger partial charge in [-0.1, -0.05) is 11.6 Å². The second kappa shape index (κ2) is 6.47. The van der Waals surface area contributed by atoms with E-state index < -0.39 is 5.97 Å². The molecular weight excluding hydrogens is 413 g/mol. The van der Waals surface area contributed by atoms with E-state index in [0.717, 1.165) is 0 Å². The number of halogens is 3. The third-order valence-electron chi connectivity index (χ3n) is 2.32. The smallest absolute Gasteiger partial charge is 0.343 e. The van der Waals surface area contributed by atoms with Gasteiger partial charge in [0.05, 0.1) is 10.6 Å². The van der Waals surface area contributed by atoms with E-state index in [4.69, 9.17) is 16.3 Å². The molecule has 0 spiro atoms. The van der Waals surface area contributed by atoms with E-state index in [2.05, 4.69) is 36.8 Å². The summed E-state index contributed by atoms with van der Waals surface area (Å²) >= 11 is 12.3. The van der Waals surface area contributed by atoms with Gasteiger partial charge in [0.15, 0.2) is 12.0 Å². The van der Waals surface area contributed by atoms with Gasteiger partial charge in [-0.15, -0.1) is 0 Å². The molecular formula is C13H6Br2ClNO3. The minimum atomic E-state index is -0.606. The highest BCUT2D eigenvalue weighted by molar-refractivity contribution is 9.10. The number of esters is 1. The number of carbonyl (C=O) groups is 2. The molecule has 0 aliphatic rings. The second-order valence-electron chi connectivity index (χ2n) is 3.67. The van der Waals surface area contributed by atoms with Crippen LogP contribution in [0.4, 0.5) is 0 Å². The highest BCUT2D eigenvalue weighted by Crippen LogP contribution is 2.25. The quantitative estimate of drug-likeness (QED) is 0.550. The monoisotopic (exact) mass is 417 g/mol. The number of aromatic nitrogens is 1. The van der Waals surface area contributed by atoms with Gasteiger partial charge in [-0.05, 0) is 56.1 Å². The first-order valence-corrected chi connectivity index (χ1v) is 7.25. The highest BCUT2D eigenvalue weighted by Gasteiger charge is 2.14. The molecule has 4 nitrogen and oxygen atoms in total. The minimum absolute atomic E-state index is 0.0505. The van der Waals surface area contributed by atoms with Crippen molar-refractivity contribution in [2.75, 3.05) is 0 Å². The second-order valence-corrected chi connectivity index (χ2v) is 5.85. The first kappa shape index (κ1) is 15.2. The van der Waals surface area contributed by atoms with Crippen molar-refractivity contribution in [1.82, 2.24) is 4.98 Å². The molecule has 0 amide bonds. The molecule has 0 radical (unpaired) electrons. The Balaban J connectivity index is 2.29. The predicted molar refractivity (Wildman–Crippen MR) is 81.4 cm³/mol. The van der Waals surface area contributed by atoms with Crippen LogP contribution >= 0.6 is 43.5 Å². The molecule has 0 N–H and O–H groups in total. The van der Waals surface area contributed by atoms with Crippen molar-refractivity contribution in [1.29, 1.82) is 0 Å². The SMILES string of the molecule is O=Cc1ncc(Br)cc1OC(=O)c1ccc(Cl)c(Br)c1. The predicted octanol–water partition coefficient (Wildman–Crippen LogP) is 4.29. The van der Waals surface area contributed by atoms with Crippen LogP contribution in [0.15, 0.2) is 39.4 Å². The lowest BCUT2D eigenvalue weighted by Crippen LogP contribution is -2.10. The molecule has 0 aliphatic carbocycles. The Kier molecular flexibility index (Phi) is 4.91. The molecule has 1 aromatic heterocycles. The summed E-state index contributed by atoms with van der Waals surface area (Å²) in [4.78, 5) is 26.7. The number of aldehydes is 1. The third kappa shape index (κ3) is 3.45. The molecule has 1 heterocycles. The summed E-state index contributed by atoms with van der Waals surface area (Å²) in [5.41, 5.74) is 0.354. The number of ether oxygens (including phenoxy) is 1. The fourth-order valence-electron chi connectivity index (χ4n) is 1.38.